The lowest BCUT2D eigenvalue weighted by Crippen LogP contribution is -2.31. The molecule has 0 heterocycles. The maximum Gasteiger partial charge on any atom is 0.319 e. The molecule has 27 heavy (non-hydrogen) atoms. The number of hydrogen-bond acceptors (Lipinski definition) is 3. The van der Waals surface area contributed by atoms with Gasteiger partial charge in [0.15, 0.2) is 0 Å². The number of hydrogen-bond donors (Lipinski definition) is 3. The van der Waals surface area contributed by atoms with E-state index in [-0.39, 0.29) is 11.9 Å². The fourth-order valence-electron chi connectivity index (χ4n) is 2.36. The van der Waals surface area contributed by atoms with Crippen molar-refractivity contribution in [2.45, 2.75) is 6.54 Å². The average molecular weight is 364 g/mol. The lowest BCUT2D eigenvalue weighted by molar-refractivity contribution is 0.0951. The number of carbonyl (C=O) groups is 2. The standard InChI is InChI=1S/C21H24N4O2/c1-4-16-7-6-10-19(14-16)24-21(27)23-15-17-8-5-9-18(13-17)20(26)22-11-12-25(2)3/h1,5-10,13-14H,11-12,15H2,2-3H3,(H,22,26)(H2,23,24,27). The Bertz CT molecular complexity index is 840. The Morgan fingerprint density at radius 3 is 2.59 bits per heavy atom. The topological polar surface area (TPSA) is 73.5 Å². The molecule has 2 aromatic rings. The second-order valence-corrected chi connectivity index (χ2v) is 6.29. The van der Waals surface area contributed by atoms with Gasteiger partial charge in [-0.15, -0.1) is 6.42 Å². The zero-order chi connectivity index (χ0) is 19.6. The number of amides is 3. The number of carbonyl (C=O) groups excluding carboxylic acids is 2. The Labute approximate surface area is 160 Å². The molecule has 0 atom stereocenters. The minimum absolute atomic E-state index is 0.130. The molecule has 0 unspecified atom stereocenters. The number of urea groups is 1. The number of likely N-dealkylation sites (N-methyl/N-ethyl adjacent to an activating group) is 1. The molecule has 2 aromatic carbocycles. The van der Waals surface area contributed by atoms with Crippen LogP contribution in [0.25, 0.3) is 0 Å². The van der Waals surface area contributed by atoms with Crippen LogP contribution in [0.4, 0.5) is 10.5 Å². The Morgan fingerprint density at radius 2 is 1.85 bits per heavy atom. The number of nitrogens with zero attached hydrogens (tertiary/aromatic N) is 1. The highest BCUT2D eigenvalue weighted by Crippen LogP contribution is 2.10. The summed E-state index contributed by atoms with van der Waals surface area (Å²) in [5.74, 6) is 2.39. The van der Waals surface area contributed by atoms with Crippen molar-refractivity contribution in [3.63, 3.8) is 0 Å². The third kappa shape index (κ3) is 6.84. The summed E-state index contributed by atoms with van der Waals surface area (Å²) in [5, 5.41) is 8.37. The van der Waals surface area contributed by atoms with Gasteiger partial charge in [0.25, 0.3) is 5.91 Å². The largest absolute Gasteiger partial charge is 0.351 e. The van der Waals surface area contributed by atoms with E-state index < -0.39 is 0 Å². The Morgan fingerprint density at radius 1 is 1.07 bits per heavy atom. The van der Waals surface area contributed by atoms with E-state index in [1.807, 2.05) is 25.1 Å². The molecule has 140 valence electrons. The third-order valence-corrected chi connectivity index (χ3v) is 3.77. The summed E-state index contributed by atoms with van der Waals surface area (Å²) >= 11 is 0. The van der Waals surface area contributed by atoms with Crippen LogP contribution >= 0.6 is 0 Å². The first-order chi connectivity index (χ1) is 13.0. The van der Waals surface area contributed by atoms with E-state index >= 15 is 0 Å². The van der Waals surface area contributed by atoms with Gasteiger partial charge in [0, 0.05) is 36.4 Å². The first kappa shape index (κ1) is 20.0. The van der Waals surface area contributed by atoms with Gasteiger partial charge in [-0.25, -0.2) is 4.79 Å². The Hall–Kier alpha value is -3.30. The van der Waals surface area contributed by atoms with E-state index in [1.165, 1.54) is 0 Å². The normalized spacial score (nSPS) is 10.1. The highest BCUT2D eigenvalue weighted by atomic mass is 16.2. The fourth-order valence-corrected chi connectivity index (χ4v) is 2.36. The lowest BCUT2D eigenvalue weighted by Gasteiger charge is -2.11. The maximum atomic E-state index is 12.2. The summed E-state index contributed by atoms with van der Waals surface area (Å²) in [4.78, 5) is 26.2. The van der Waals surface area contributed by atoms with Gasteiger partial charge in [-0.05, 0) is 50.0 Å². The van der Waals surface area contributed by atoms with Crippen molar-refractivity contribution in [2.24, 2.45) is 0 Å². The molecule has 6 nitrogen and oxygen atoms in total. The molecule has 0 aromatic heterocycles. The van der Waals surface area contributed by atoms with Gasteiger partial charge in [0.2, 0.25) is 0 Å². The Kier molecular flexibility index (Phi) is 7.41. The summed E-state index contributed by atoms with van der Waals surface area (Å²) in [6.45, 7) is 1.65. The smallest absolute Gasteiger partial charge is 0.319 e. The van der Waals surface area contributed by atoms with Gasteiger partial charge in [0.05, 0.1) is 0 Å². The zero-order valence-electron chi connectivity index (χ0n) is 15.6. The minimum Gasteiger partial charge on any atom is -0.351 e. The van der Waals surface area contributed by atoms with Crippen LogP contribution in [-0.2, 0) is 6.54 Å². The van der Waals surface area contributed by atoms with Crippen LogP contribution in [0.5, 0.6) is 0 Å². The number of terminal acetylenes is 1. The molecule has 2 rings (SSSR count). The van der Waals surface area contributed by atoms with E-state index in [9.17, 15) is 9.59 Å². The monoisotopic (exact) mass is 364 g/mol. The van der Waals surface area contributed by atoms with Crippen molar-refractivity contribution >= 4 is 17.6 Å². The molecule has 0 aliphatic carbocycles. The molecule has 0 aliphatic rings. The molecule has 0 saturated heterocycles. The first-order valence-electron chi connectivity index (χ1n) is 8.61. The Balaban J connectivity index is 1.87. The minimum atomic E-state index is -0.343. The molecule has 0 aliphatic heterocycles. The van der Waals surface area contributed by atoms with Gasteiger partial charge in [-0.2, -0.15) is 0 Å². The number of nitrogens with one attached hydrogen (secondary N) is 3. The van der Waals surface area contributed by atoms with Crippen molar-refractivity contribution in [1.29, 1.82) is 0 Å². The molecule has 0 fully saturated rings. The predicted molar refractivity (Wildman–Crippen MR) is 108 cm³/mol. The van der Waals surface area contributed by atoms with Gasteiger partial charge in [-0.3, -0.25) is 4.79 Å². The second-order valence-electron chi connectivity index (χ2n) is 6.29. The maximum absolute atomic E-state index is 12.2. The van der Waals surface area contributed by atoms with Crippen LogP contribution in [0, 0.1) is 12.3 Å². The third-order valence-electron chi connectivity index (χ3n) is 3.77. The highest BCUT2D eigenvalue weighted by molar-refractivity contribution is 5.94. The molecular formula is C21H24N4O2. The second kappa shape index (κ2) is 10.00. The SMILES string of the molecule is C#Cc1cccc(NC(=O)NCc2cccc(C(=O)NCCN(C)C)c2)c1. The molecule has 3 amide bonds. The van der Waals surface area contributed by atoms with Crippen molar-refractivity contribution in [1.82, 2.24) is 15.5 Å². The molecule has 0 radical (unpaired) electrons. The number of anilines is 1. The fraction of sp³-hybridized carbons (Fsp3) is 0.238. The molecule has 3 N–H and O–H groups in total. The van der Waals surface area contributed by atoms with Crippen LogP contribution in [0.3, 0.4) is 0 Å². The summed E-state index contributed by atoms with van der Waals surface area (Å²) in [5.41, 5.74) is 2.72. The van der Waals surface area contributed by atoms with E-state index in [4.69, 9.17) is 6.42 Å². The van der Waals surface area contributed by atoms with Crippen molar-refractivity contribution in [3.8, 4) is 12.3 Å². The number of benzene rings is 2. The molecular weight excluding hydrogens is 340 g/mol. The first-order valence-corrected chi connectivity index (χ1v) is 8.61. The van der Waals surface area contributed by atoms with Crippen LogP contribution < -0.4 is 16.0 Å². The highest BCUT2D eigenvalue weighted by Gasteiger charge is 2.07. The van der Waals surface area contributed by atoms with E-state index in [0.29, 0.717) is 29.9 Å². The van der Waals surface area contributed by atoms with E-state index in [0.717, 1.165) is 12.1 Å². The zero-order valence-corrected chi connectivity index (χ0v) is 15.6. The average Bonchev–Trinajstić information content (AvgIpc) is 2.66. The molecule has 6 heteroatoms. The molecule has 0 saturated carbocycles. The summed E-state index contributed by atoms with van der Waals surface area (Å²) < 4.78 is 0. The van der Waals surface area contributed by atoms with Crippen molar-refractivity contribution < 1.29 is 9.59 Å². The van der Waals surface area contributed by atoms with Crippen LogP contribution in [0.15, 0.2) is 48.5 Å². The summed E-state index contributed by atoms with van der Waals surface area (Å²) in [6, 6.07) is 13.9. The predicted octanol–water partition coefficient (Wildman–Crippen LogP) is 2.28. The van der Waals surface area contributed by atoms with Gasteiger partial charge in [-0.1, -0.05) is 24.1 Å². The van der Waals surface area contributed by atoms with Crippen LogP contribution in [0.1, 0.15) is 21.5 Å². The molecule has 0 bridgehead atoms. The van der Waals surface area contributed by atoms with Crippen molar-refractivity contribution in [2.75, 3.05) is 32.5 Å². The van der Waals surface area contributed by atoms with E-state index in [1.54, 1.807) is 42.5 Å². The van der Waals surface area contributed by atoms with E-state index in [2.05, 4.69) is 21.9 Å². The van der Waals surface area contributed by atoms with Crippen LogP contribution in [0.2, 0.25) is 0 Å². The van der Waals surface area contributed by atoms with Crippen molar-refractivity contribution in [3.05, 3.63) is 65.2 Å². The summed E-state index contributed by atoms with van der Waals surface area (Å²) in [6.07, 6.45) is 5.35. The van der Waals surface area contributed by atoms with Crippen LogP contribution in [-0.4, -0.2) is 44.0 Å². The summed E-state index contributed by atoms with van der Waals surface area (Å²) in [7, 11) is 3.90. The van der Waals surface area contributed by atoms with Gasteiger partial charge in [0.1, 0.15) is 0 Å². The van der Waals surface area contributed by atoms with Gasteiger partial charge >= 0.3 is 6.03 Å². The number of rotatable bonds is 7. The van der Waals surface area contributed by atoms with Gasteiger partial charge < -0.3 is 20.9 Å². The quantitative estimate of drug-likeness (QED) is 0.660. The molecule has 0 spiro atoms. The lowest BCUT2D eigenvalue weighted by atomic mass is 10.1.